The highest BCUT2D eigenvalue weighted by Gasteiger charge is 2.26. The largest absolute Gasteiger partial charge is 0.490 e. The minimum atomic E-state index is -0.578. The molecule has 0 aliphatic carbocycles. The molecule has 2 aliphatic rings. The van der Waals surface area contributed by atoms with E-state index in [4.69, 9.17) is 4.74 Å². The molecule has 1 N–H and O–H groups in total. The number of β-amino-alcohol motifs (C(OH)–C–C–N with tert-alkyl or cyclic N) is 1. The predicted molar refractivity (Wildman–Crippen MR) is 166 cm³/mol. The molecular weight excluding hydrogens is 510 g/mol. The summed E-state index contributed by atoms with van der Waals surface area (Å²) >= 11 is 0. The van der Waals surface area contributed by atoms with Crippen molar-refractivity contribution < 1.29 is 14.6 Å². The quantitative estimate of drug-likeness (QED) is 0.264. The van der Waals surface area contributed by atoms with Gasteiger partial charge < -0.3 is 24.2 Å². The number of ether oxygens (including phenoxy) is 1. The lowest BCUT2D eigenvalue weighted by molar-refractivity contribution is 0.0599. The second-order valence-electron chi connectivity index (χ2n) is 12.4. The van der Waals surface area contributed by atoms with Crippen molar-refractivity contribution in [3.63, 3.8) is 0 Å². The molecule has 1 amide bonds. The number of hydrogen-bond acceptors (Lipinski definition) is 4. The minimum Gasteiger partial charge on any atom is -0.490 e. The lowest BCUT2D eigenvalue weighted by Crippen LogP contribution is -2.40. The van der Waals surface area contributed by atoms with Crippen LogP contribution in [-0.2, 0) is 6.54 Å². The van der Waals surface area contributed by atoms with Crippen LogP contribution in [0.15, 0.2) is 66.7 Å². The van der Waals surface area contributed by atoms with Crippen LogP contribution < -0.4 is 4.74 Å². The smallest absolute Gasteiger partial charge is 0.270 e. The Labute approximate surface area is 243 Å². The second kappa shape index (κ2) is 12.3. The number of aliphatic hydroxyl groups excluding tert-OH is 1. The monoisotopic (exact) mass is 553 g/mol. The lowest BCUT2D eigenvalue weighted by Gasteiger charge is -2.33. The summed E-state index contributed by atoms with van der Waals surface area (Å²) in [4.78, 5) is 17.7. The first-order valence-corrected chi connectivity index (χ1v) is 15.4. The predicted octanol–water partition coefficient (Wildman–Crippen LogP) is 6.31. The summed E-state index contributed by atoms with van der Waals surface area (Å²) in [5.41, 5.74) is 3.18. The van der Waals surface area contributed by atoms with Gasteiger partial charge in [0.2, 0.25) is 0 Å². The van der Waals surface area contributed by atoms with Crippen molar-refractivity contribution in [2.45, 2.75) is 58.1 Å². The van der Waals surface area contributed by atoms with Crippen molar-refractivity contribution in [2.75, 3.05) is 39.3 Å². The molecule has 2 fully saturated rings. The van der Waals surface area contributed by atoms with Gasteiger partial charge in [0.05, 0.1) is 5.52 Å². The van der Waals surface area contributed by atoms with Crippen LogP contribution in [0.25, 0.3) is 21.7 Å². The number of fused-ring (bicyclic) bond motifs is 2. The van der Waals surface area contributed by atoms with E-state index in [1.165, 1.54) is 16.3 Å². The Morgan fingerprint density at radius 3 is 2.41 bits per heavy atom. The molecule has 4 aromatic rings. The maximum Gasteiger partial charge on any atom is 0.270 e. The lowest BCUT2D eigenvalue weighted by atomic mass is 9.88. The van der Waals surface area contributed by atoms with E-state index in [2.05, 4.69) is 71.8 Å². The van der Waals surface area contributed by atoms with E-state index >= 15 is 0 Å². The highest BCUT2D eigenvalue weighted by atomic mass is 16.5. The van der Waals surface area contributed by atoms with Crippen molar-refractivity contribution >= 4 is 27.6 Å². The number of piperidine rings is 1. The van der Waals surface area contributed by atoms with Gasteiger partial charge in [-0.1, -0.05) is 62.4 Å². The number of carbonyl (C=O) groups excluding carboxylic acids is 1. The fourth-order valence-corrected chi connectivity index (χ4v) is 6.65. The van der Waals surface area contributed by atoms with Crippen LogP contribution in [0.4, 0.5) is 0 Å². The molecule has 0 unspecified atom stereocenters. The Kier molecular flexibility index (Phi) is 8.31. The van der Waals surface area contributed by atoms with Gasteiger partial charge in [-0.15, -0.1) is 0 Å². The molecule has 0 bridgehead atoms. The Morgan fingerprint density at radius 2 is 1.66 bits per heavy atom. The van der Waals surface area contributed by atoms with Gasteiger partial charge in [0.25, 0.3) is 5.91 Å². The normalized spacial score (nSPS) is 17.6. The molecule has 6 rings (SSSR count). The zero-order chi connectivity index (χ0) is 28.3. The third kappa shape index (κ3) is 6.14. The topological polar surface area (TPSA) is 57.9 Å². The van der Waals surface area contributed by atoms with Crippen LogP contribution in [-0.4, -0.2) is 70.8 Å². The first-order valence-electron chi connectivity index (χ1n) is 15.4. The van der Waals surface area contributed by atoms with E-state index < -0.39 is 6.10 Å². The molecule has 1 aromatic heterocycles. The van der Waals surface area contributed by atoms with Gasteiger partial charge in [0.15, 0.2) is 0 Å². The number of nitrogens with zero attached hydrogens (tertiary/aromatic N) is 3. The van der Waals surface area contributed by atoms with E-state index in [9.17, 15) is 9.90 Å². The van der Waals surface area contributed by atoms with E-state index in [-0.39, 0.29) is 12.5 Å². The van der Waals surface area contributed by atoms with Gasteiger partial charge in [-0.25, -0.2) is 0 Å². The van der Waals surface area contributed by atoms with E-state index in [0.717, 1.165) is 80.8 Å². The van der Waals surface area contributed by atoms with Gasteiger partial charge in [-0.2, -0.15) is 0 Å². The molecule has 0 saturated carbocycles. The highest BCUT2D eigenvalue weighted by Crippen LogP contribution is 2.32. The summed E-state index contributed by atoms with van der Waals surface area (Å²) < 4.78 is 8.37. The Hall–Kier alpha value is -3.35. The van der Waals surface area contributed by atoms with Crippen LogP contribution in [0.3, 0.4) is 0 Å². The number of amides is 1. The zero-order valence-electron chi connectivity index (χ0n) is 24.5. The fraction of sp³-hybridized carbons (Fsp3) is 0.457. The average Bonchev–Trinajstić information content (AvgIpc) is 3.65. The van der Waals surface area contributed by atoms with Crippen molar-refractivity contribution in [3.8, 4) is 5.75 Å². The van der Waals surface area contributed by atoms with Gasteiger partial charge in [-0.3, -0.25) is 4.79 Å². The van der Waals surface area contributed by atoms with Crippen LogP contribution in [0, 0.1) is 5.92 Å². The van der Waals surface area contributed by atoms with Crippen molar-refractivity contribution in [3.05, 3.63) is 78.0 Å². The van der Waals surface area contributed by atoms with E-state index in [0.29, 0.717) is 18.4 Å². The molecular formula is C35H43N3O3. The van der Waals surface area contributed by atoms with Gasteiger partial charge in [-0.05, 0) is 85.1 Å². The molecule has 3 aromatic carbocycles. The number of benzene rings is 3. The number of carbonyl (C=O) groups is 1. The standard InChI is InChI=1S/C35H43N3O3/c1-25(2)22-38-32-10-7-11-34(31(32)21-33(38)35(40)37-16-5-6-17-37)41-24-30(39)23-36-18-14-27(15-19-36)29-13-12-26-8-3-4-9-28(26)20-29/h3-4,7-13,20-21,25,27,30,39H,5-6,14-19,22-24H2,1-2H3/t30-/m0/s1. The van der Waals surface area contributed by atoms with E-state index in [1.54, 1.807) is 0 Å². The summed E-state index contributed by atoms with van der Waals surface area (Å²) in [5.74, 6) is 1.81. The molecule has 0 spiro atoms. The molecule has 1 atom stereocenters. The van der Waals surface area contributed by atoms with Gasteiger partial charge >= 0.3 is 0 Å². The SMILES string of the molecule is CC(C)Cn1c(C(=O)N2CCCC2)cc2c(OC[C@@H](O)CN3CCC(c4ccc5ccccc5c4)CC3)cccc21. The maximum atomic E-state index is 13.4. The van der Waals surface area contributed by atoms with Crippen LogP contribution in [0.1, 0.15) is 61.5 Å². The van der Waals surface area contributed by atoms with Gasteiger partial charge in [0.1, 0.15) is 24.2 Å². The first kappa shape index (κ1) is 27.8. The molecule has 2 aliphatic heterocycles. The molecule has 216 valence electrons. The summed E-state index contributed by atoms with van der Waals surface area (Å²) in [6.07, 6.45) is 3.77. The van der Waals surface area contributed by atoms with Crippen LogP contribution >= 0.6 is 0 Å². The summed E-state index contributed by atoms with van der Waals surface area (Å²) in [6, 6.07) is 23.4. The molecule has 3 heterocycles. The first-order chi connectivity index (χ1) is 20.0. The Balaban J connectivity index is 1.08. The van der Waals surface area contributed by atoms with E-state index in [1.807, 2.05) is 23.1 Å². The number of rotatable bonds is 9. The molecule has 2 saturated heterocycles. The Morgan fingerprint density at radius 1 is 0.902 bits per heavy atom. The summed E-state index contributed by atoms with van der Waals surface area (Å²) in [6.45, 7) is 9.58. The maximum absolute atomic E-state index is 13.4. The fourth-order valence-electron chi connectivity index (χ4n) is 6.65. The number of hydrogen-bond donors (Lipinski definition) is 1. The van der Waals surface area contributed by atoms with Gasteiger partial charge in [0, 0.05) is 31.6 Å². The molecule has 6 nitrogen and oxygen atoms in total. The zero-order valence-corrected chi connectivity index (χ0v) is 24.5. The van der Waals surface area contributed by atoms with Crippen LogP contribution in [0.5, 0.6) is 5.75 Å². The number of aliphatic hydroxyl groups is 1. The molecule has 0 radical (unpaired) electrons. The van der Waals surface area contributed by atoms with Crippen LogP contribution in [0.2, 0.25) is 0 Å². The second-order valence-corrected chi connectivity index (χ2v) is 12.4. The number of aromatic nitrogens is 1. The van der Waals surface area contributed by atoms with Crippen molar-refractivity contribution in [1.82, 2.24) is 14.4 Å². The number of likely N-dealkylation sites (tertiary alicyclic amines) is 2. The molecule has 41 heavy (non-hydrogen) atoms. The highest BCUT2D eigenvalue weighted by molar-refractivity contribution is 6.00. The third-order valence-electron chi connectivity index (χ3n) is 8.80. The molecule has 6 heteroatoms. The van der Waals surface area contributed by atoms with Crippen molar-refractivity contribution in [1.29, 1.82) is 0 Å². The summed E-state index contributed by atoms with van der Waals surface area (Å²) in [5, 5.41) is 14.5. The average molecular weight is 554 g/mol. The Bertz CT molecular complexity index is 1500. The summed E-state index contributed by atoms with van der Waals surface area (Å²) in [7, 11) is 0. The van der Waals surface area contributed by atoms with Crippen molar-refractivity contribution in [2.24, 2.45) is 5.92 Å². The minimum absolute atomic E-state index is 0.109. The third-order valence-corrected chi connectivity index (χ3v) is 8.80.